The third-order valence-electron chi connectivity index (χ3n) is 13.2. The second-order valence-electron chi connectivity index (χ2n) is 14.5. The zero-order chi connectivity index (χ0) is 24.2. The topological polar surface area (TPSA) is 57.5 Å². The van der Waals surface area contributed by atoms with Crippen LogP contribution in [0, 0.1) is 56.7 Å². The molecular weight excluding hydrogens is 408 g/mol. The lowest BCUT2D eigenvalue weighted by Gasteiger charge is -2.70. The molecule has 3 heteroatoms. The summed E-state index contributed by atoms with van der Waals surface area (Å²) in [4.78, 5) is 12.9. The van der Waals surface area contributed by atoms with Gasteiger partial charge < -0.3 is 10.2 Å². The van der Waals surface area contributed by atoms with Crippen LogP contribution in [-0.4, -0.2) is 22.3 Å². The number of carbonyl (C=O) groups is 1. The molecule has 0 bridgehead atoms. The van der Waals surface area contributed by atoms with Crippen LogP contribution in [0.1, 0.15) is 106 Å². The highest BCUT2D eigenvalue weighted by Gasteiger charge is 2.70. The Morgan fingerprint density at radius 2 is 1.64 bits per heavy atom. The highest BCUT2D eigenvalue weighted by atomic mass is 16.4. The molecule has 0 aliphatic heterocycles. The Kier molecular flexibility index (Phi) is 5.15. The van der Waals surface area contributed by atoms with Crippen molar-refractivity contribution in [2.24, 2.45) is 56.7 Å². The molecular formula is C30H48O3. The van der Waals surface area contributed by atoms with Gasteiger partial charge >= 0.3 is 5.97 Å². The number of carboxylic acids is 1. The lowest BCUT2D eigenvalue weighted by molar-refractivity contribution is -0.203. The monoisotopic (exact) mass is 456 g/mol. The van der Waals surface area contributed by atoms with Crippen molar-refractivity contribution in [2.75, 3.05) is 0 Å². The molecule has 5 aliphatic rings. The van der Waals surface area contributed by atoms with Gasteiger partial charge in [-0.3, -0.25) is 4.79 Å². The standard InChI is InChI=1S/C30H48O3/c1-18(2)19-8-9-21-20-10-11-23-27(5)14-13-24(31)26(3,4)22(27)12-15-29(23,7)28(20,6)16-17-30(19,21)25(32)33/h10,18-19,21-24,31H,8-9,11-17H2,1-7H3,(H,32,33)/t19-,21+,22-,23+,24+,27-,28+,29+,30?/m0/s1. The molecule has 186 valence electrons. The number of aliphatic carboxylic acids is 1. The third-order valence-corrected chi connectivity index (χ3v) is 13.2. The molecule has 5 aliphatic carbocycles. The van der Waals surface area contributed by atoms with E-state index < -0.39 is 11.4 Å². The second-order valence-corrected chi connectivity index (χ2v) is 14.5. The van der Waals surface area contributed by atoms with Crippen LogP contribution >= 0.6 is 0 Å². The van der Waals surface area contributed by atoms with Crippen molar-refractivity contribution >= 4 is 5.97 Å². The summed E-state index contributed by atoms with van der Waals surface area (Å²) in [5, 5.41) is 21.5. The van der Waals surface area contributed by atoms with E-state index in [2.05, 4.69) is 54.5 Å². The van der Waals surface area contributed by atoms with E-state index in [4.69, 9.17) is 0 Å². The summed E-state index contributed by atoms with van der Waals surface area (Å²) in [6.45, 7) is 16.7. The molecule has 0 spiro atoms. The summed E-state index contributed by atoms with van der Waals surface area (Å²) in [6.07, 6.45) is 11.9. The van der Waals surface area contributed by atoms with Crippen LogP contribution < -0.4 is 0 Å². The number of allylic oxidation sites excluding steroid dienone is 2. The molecule has 0 radical (unpaired) electrons. The maximum Gasteiger partial charge on any atom is 0.310 e. The number of rotatable bonds is 2. The zero-order valence-electron chi connectivity index (χ0n) is 22.2. The van der Waals surface area contributed by atoms with Crippen molar-refractivity contribution in [1.29, 1.82) is 0 Å². The molecule has 5 rings (SSSR count). The molecule has 0 saturated heterocycles. The maximum absolute atomic E-state index is 12.9. The van der Waals surface area contributed by atoms with Gasteiger partial charge in [0.15, 0.2) is 0 Å². The summed E-state index contributed by atoms with van der Waals surface area (Å²) < 4.78 is 0. The summed E-state index contributed by atoms with van der Waals surface area (Å²) in [5.74, 6) is 1.58. The molecule has 3 nitrogen and oxygen atoms in total. The number of aliphatic hydroxyl groups excluding tert-OH is 1. The number of aliphatic hydroxyl groups is 1. The van der Waals surface area contributed by atoms with Gasteiger partial charge in [0.05, 0.1) is 11.5 Å². The molecule has 33 heavy (non-hydrogen) atoms. The molecule has 4 saturated carbocycles. The Morgan fingerprint density at radius 1 is 0.939 bits per heavy atom. The van der Waals surface area contributed by atoms with E-state index in [0.717, 1.165) is 44.9 Å². The Bertz CT molecular complexity index is 872. The van der Waals surface area contributed by atoms with Crippen molar-refractivity contribution in [3.63, 3.8) is 0 Å². The molecule has 0 aromatic carbocycles. The summed E-state index contributed by atoms with van der Waals surface area (Å²) in [6, 6.07) is 0. The van der Waals surface area contributed by atoms with Crippen LogP contribution in [-0.2, 0) is 4.79 Å². The maximum atomic E-state index is 12.9. The Balaban J connectivity index is 1.58. The molecule has 0 aromatic heterocycles. The number of fused-ring (bicyclic) bond motifs is 7. The number of hydrogen-bond donors (Lipinski definition) is 2. The average molecular weight is 457 g/mol. The van der Waals surface area contributed by atoms with Crippen molar-refractivity contribution in [3.8, 4) is 0 Å². The van der Waals surface area contributed by atoms with Gasteiger partial charge in [0.2, 0.25) is 0 Å². The largest absolute Gasteiger partial charge is 0.481 e. The minimum Gasteiger partial charge on any atom is -0.481 e. The van der Waals surface area contributed by atoms with Crippen LogP contribution in [0.25, 0.3) is 0 Å². The minimum absolute atomic E-state index is 0.0276. The predicted molar refractivity (Wildman–Crippen MR) is 133 cm³/mol. The molecule has 0 heterocycles. The van der Waals surface area contributed by atoms with E-state index >= 15 is 0 Å². The van der Waals surface area contributed by atoms with Crippen LogP contribution in [0.2, 0.25) is 0 Å². The third kappa shape index (κ3) is 2.70. The zero-order valence-corrected chi connectivity index (χ0v) is 22.2. The van der Waals surface area contributed by atoms with E-state index in [1.54, 1.807) is 0 Å². The lowest BCUT2D eigenvalue weighted by atomic mass is 9.34. The van der Waals surface area contributed by atoms with Gasteiger partial charge in [0.25, 0.3) is 0 Å². The fraction of sp³-hybridized carbons (Fsp3) is 0.900. The van der Waals surface area contributed by atoms with Crippen molar-refractivity contribution in [3.05, 3.63) is 11.6 Å². The molecule has 4 fully saturated rings. The predicted octanol–water partition coefficient (Wildman–Crippen LogP) is 7.09. The van der Waals surface area contributed by atoms with E-state index in [1.807, 2.05) is 0 Å². The van der Waals surface area contributed by atoms with Gasteiger partial charge in [0.1, 0.15) is 0 Å². The van der Waals surface area contributed by atoms with E-state index in [0.29, 0.717) is 23.7 Å². The Hall–Kier alpha value is -0.830. The van der Waals surface area contributed by atoms with Crippen LogP contribution in [0.5, 0.6) is 0 Å². The minimum atomic E-state index is -0.555. The Labute approximate surface area is 201 Å². The SMILES string of the molecule is CC(C)[C@@H]1CC[C@@H]2C3=CC[C@@H]4[C@@]5(C)CC[C@@H](O)C(C)(C)[C@@H]5CC[C@@]4(C)[C@]3(C)CCC21C(=O)O. The summed E-state index contributed by atoms with van der Waals surface area (Å²) in [5.41, 5.74) is 1.50. The molecule has 0 amide bonds. The van der Waals surface area contributed by atoms with E-state index in [1.165, 1.54) is 18.4 Å². The van der Waals surface area contributed by atoms with Gasteiger partial charge in [-0.2, -0.15) is 0 Å². The summed E-state index contributed by atoms with van der Waals surface area (Å²) in [7, 11) is 0. The van der Waals surface area contributed by atoms with Crippen LogP contribution in [0.15, 0.2) is 11.6 Å². The number of hydrogen-bond acceptors (Lipinski definition) is 2. The van der Waals surface area contributed by atoms with Gasteiger partial charge in [0, 0.05) is 0 Å². The lowest BCUT2D eigenvalue weighted by Crippen LogP contribution is -2.64. The molecule has 1 unspecified atom stereocenters. The molecule has 0 aromatic rings. The molecule has 2 N–H and O–H groups in total. The van der Waals surface area contributed by atoms with Crippen LogP contribution in [0.4, 0.5) is 0 Å². The smallest absolute Gasteiger partial charge is 0.310 e. The van der Waals surface area contributed by atoms with Gasteiger partial charge in [-0.05, 0) is 109 Å². The van der Waals surface area contributed by atoms with Gasteiger partial charge in [-0.1, -0.05) is 60.1 Å². The molecule has 9 atom stereocenters. The summed E-state index contributed by atoms with van der Waals surface area (Å²) >= 11 is 0. The van der Waals surface area contributed by atoms with Crippen molar-refractivity contribution < 1.29 is 15.0 Å². The Morgan fingerprint density at radius 3 is 2.27 bits per heavy atom. The second kappa shape index (κ2) is 7.11. The first kappa shape index (κ1) is 23.9. The highest BCUT2D eigenvalue weighted by Crippen LogP contribution is 2.76. The van der Waals surface area contributed by atoms with Crippen molar-refractivity contribution in [2.45, 2.75) is 112 Å². The first-order chi connectivity index (χ1) is 15.3. The fourth-order valence-corrected chi connectivity index (χ4v) is 11.2. The fourth-order valence-electron chi connectivity index (χ4n) is 11.2. The van der Waals surface area contributed by atoms with Gasteiger partial charge in [-0.15, -0.1) is 0 Å². The van der Waals surface area contributed by atoms with Crippen LogP contribution in [0.3, 0.4) is 0 Å². The van der Waals surface area contributed by atoms with Crippen molar-refractivity contribution in [1.82, 2.24) is 0 Å². The van der Waals surface area contributed by atoms with E-state index in [-0.39, 0.29) is 33.7 Å². The van der Waals surface area contributed by atoms with Gasteiger partial charge in [-0.25, -0.2) is 0 Å². The van der Waals surface area contributed by atoms with E-state index in [9.17, 15) is 15.0 Å². The highest BCUT2D eigenvalue weighted by molar-refractivity contribution is 5.77. The number of carboxylic acid groups (broad SMARTS) is 1. The average Bonchev–Trinajstić information content (AvgIpc) is 3.13. The first-order valence-electron chi connectivity index (χ1n) is 13.9. The normalized spacial score (nSPS) is 52.9. The quantitative estimate of drug-likeness (QED) is 0.436. The first-order valence-corrected chi connectivity index (χ1v) is 13.9.